The van der Waals surface area contributed by atoms with E-state index in [-0.39, 0.29) is 18.0 Å². The number of rotatable bonds is 4. The first-order chi connectivity index (χ1) is 8.93. The highest BCUT2D eigenvalue weighted by Gasteiger charge is 2.10. The number of hydrogen-bond acceptors (Lipinski definition) is 3. The second-order valence-electron chi connectivity index (χ2n) is 3.48. The zero-order valence-electron chi connectivity index (χ0n) is 9.99. The lowest BCUT2D eigenvalue weighted by atomic mass is 10.2. The molecule has 0 aliphatic carbocycles. The van der Waals surface area contributed by atoms with Crippen LogP contribution >= 0.6 is 15.9 Å². The van der Waals surface area contributed by atoms with Crippen LogP contribution in [0.1, 0.15) is 10.4 Å². The minimum atomic E-state index is -1.11. The summed E-state index contributed by atoms with van der Waals surface area (Å²) in [6, 6.07) is 3.77. The Kier molecular flexibility index (Phi) is 5.31. The van der Waals surface area contributed by atoms with Gasteiger partial charge < -0.3 is 21.1 Å². The molecule has 0 aromatic heterocycles. The number of halogens is 1. The Morgan fingerprint density at radius 3 is 2.58 bits per heavy atom. The van der Waals surface area contributed by atoms with E-state index < -0.39 is 12.0 Å². The van der Waals surface area contributed by atoms with Gasteiger partial charge in [-0.2, -0.15) is 0 Å². The molecular formula is C11H12BrN3O4. The Balaban J connectivity index is 2.67. The molecule has 0 spiro atoms. The number of amides is 3. The Morgan fingerprint density at radius 1 is 1.32 bits per heavy atom. The fraction of sp³-hybridized carbons (Fsp3) is 0.182. The van der Waals surface area contributed by atoms with Crippen LogP contribution in [0.5, 0.6) is 0 Å². The SMILES string of the molecule is CNC(=O)CNC(=O)Nc1ccc(Br)c(C(=O)O)c1. The minimum absolute atomic E-state index is 0.0316. The number of anilines is 1. The number of carbonyl (C=O) groups is 3. The summed E-state index contributed by atoms with van der Waals surface area (Å²) >= 11 is 3.09. The van der Waals surface area contributed by atoms with Crippen LogP contribution in [0, 0.1) is 0 Å². The van der Waals surface area contributed by atoms with Gasteiger partial charge in [-0.25, -0.2) is 9.59 Å². The van der Waals surface area contributed by atoms with Gasteiger partial charge in [-0.1, -0.05) is 0 Å². The molecule has 0 fully saturated rings. The minimum Gasteiger partial charge on any atom is -0.478 e. The topological polar surface area (TPSA) is 108 Å². The quantitative estimate of drug-likeness (QED) is 0.661. The van der Waals surface area contributed by atoms with Crippen LogP contribution < -0.4 is 16.0 Å². The molecule has 4 N–H and O–H groups in total. The predicted octanol–water partition coefficient (Wildman–Crippen LogP) is 1.01. The van der Waals surface area contributed by atoms with Gasteiger partial charge in [0.2, 0.25) is 5.91 Å². The fourth-order valence-electron chi connectivity index (χ4n) is 1.19. The molecule has 0 bridgehead atoms. The summed E-state index contributed by atoms with van der Waals surface area (Å²) in [5.41, 5.74) is 0.346. The van der Waals surface area contributed by atoms with E-state index >= 15 is 0 Å². The van der Waals surface area contributed by atoms with Crippen LogP contribution in [0.4, 0.5) is 10.5 Å². The van der Waals surface area contributed by atoms with Crippen LogP contribution in [-0.2, 0) is 4.79 Å². The third-order valence-electron chi connectivity index (χ3n) is 2.14. The molecule has 0 aliphatic rings. The van der Waals surface area contributed by atoms with Crippen molar-refractivity contribution in [1.82, 2.24) is 10.6 Å². The molecule has 0 aliphatic heterocycles. The molecule has 7 nitrogen and oxygen atoms in total. The van der Waals surface area contributed by atoms with Crippen LogP contribution in [-0.4, -0.2) is 36.6 Å². The number of nitrogens with one attached hydrogen (secondary N) is 3. The van der Waals surface area contributed by atoms with Crippen molar-refractivity contribution in [3.8, 4) is 0 Å². The summed E-state index contributed by atoms with van der Waals surface area (Å²) in [7, 11) is 1.45. The highest BCUT2D eigenvalue weighted by atomic mass is 79.9. The summed E-state index contributed by atoms with van der Waals surface area (Å²) in [4.78, 5) is 33.3. The van der Waals surface area contributed by atoms with E-state index in [0.29, 0.717) is 10.2 Å². The van der Waals surface area contributed by atoms with Crippen LogP contribution in [0.15, 0.2) is 22.7 Å². The van der Waals surface area contributed by atoms with Crippen molar-refractivity contribution in [1.29, 1.82) is 0 Å². The summed E-state index contributed by atoms with van der Waals surface area (Å²) in [6.07, 6.45) is 0. The van der Waals surface area contributed by atoms with E-state index in [1.807, 2.05) is 0 Å². The summed E-state index contributed by atoms with van der Waals surface area (Å²) < 4.78 is 0.413. The van der Waals surface area contributed by atoms with Gasteiger partial charge in [0.15, 0.2) is 0 Å². The first kappa shape index (κ1) is 15.0. The van der Waals surface area contributed by atoms with Gasteiger partial charge in [0.25, 0.3) is 0 Å². The van der Waals surface area contributed by atoms with Gasteiger partial charge in [-0.3, -0.25) is 4.79 Å². The average molecular weight is 330 g/mol. The number of aromatic carboxylic acids is 1. The van der Waals surface area contributed by atoms with E-state index in [1.54, 1.807) is 0 Å². The first-order valence-corrected chi connectivity index (χ1v) is 6.01. The van der Waals surface area contributed by atoms with Crippen molar-refractivity contribution in [2.24, 2.45) is 0 Å². The summed E-state index contributed by atoms with van der Waals surface area (Å²) in [5, 5.41) is 16.0. The number of likely N-dealkylation sites (N-methyl/N-ethyl adjacent to an activating group) is 1. The van der Waals surface area contributed by atoms with Gasteiger partial charge >= 0.3 is 12.0 Å². The van der Waals surface area contributed by atoms with Crippen molar-refractivity contribution in [3.63, 3.8) is 0 Å². The molecule has 0 heterocycles. The molecule has 0 saturated carbocycles. The molecular weight excluding hydrogens is 318 g/mol. The first-order valence-electron chi connectivity index (χ1n) is 5.22. The van der Waals surface area contributed by atoms with E-state index in [4.69, 9.17) is 5.11 Å². The second-order valence-corrected chi connectivity index (χ2v) is 4.33. The molecule has 0 unspecified atom stereocenters. The molecule has 1 aromatic carbocycles. The summed E-state index contributed by atoms with van der Waals surface area (Å²) in [6.45, 7) is -0.162. The number of urea groups is 1. The highest BCUT2D eigenvalue weighted by Crippen LogP contribution is 2.21. The highest BCUT2D eigenvalue weighted by molar-refractivity contribution is 9.10. The van der Waals surface area contributed by atoms with Gasteiger partial charge in [0, 0.05) is 17.2 Å². The lowest BCUT2D eigenvalue weighted by Crippen LogP contribution is -2.37. The van der Waals surface area contributed by atoms with Crippen LogP contribution in [0.2, 0.25) is 0 Å². The van der Waals surface area contributed by atoms with Crippen molar-refractivity contribution >= 4 is 39.5 Å². The van der Waals surface area contributed by atoms with Crippen molar-refractivity contribution in [2.75, 3.05) is 18.9 Å². The standard InChI is InChI=1S/C11H12BrN3O4/c1-13-9(16)5-14-11(19)15-6-2-3-8(12)7(4-6)10(17)18/h2-4H,5H2,1H3,(H,13,16)(H,17,18)(H2,14,15,19). The average Bonchev–Trinajstić information content (AvgIpc) is 2.37. The maximum absolute atomic E-state index is 11.4. The number of carbonyl (C=O) groups excluding carboxylic acids is 2. The largest absolute Gasteiger partial charge is 0.478 e. The Morgan fingerprint density at radius 2 is 2.00 bits per heavy atom. The second kappa shape index (κ2) is 6.74. The number of carboxylic acids is 1. The van der Waals surface area contributed by atoms with Gasteiger partial charge in [-0.15, -0.1) is 0 Å². The van der Waals surface area contributed by atoms with Crippen LogP contribution in [0.3, 0.4) is 0 Å². The van der Waals surface area contributed by atoms with E-state index in [1.165, 1.54) is 25.2 Å². The van der Waals surface area contributed by atoms with Crippen molar-refractivity contribution in [3.05, 3.63) is 28.2 Å². The summed E-state index contributed by atoms with van der Waals surface area (Å²) in [5.74, 6) is -1.45. The molecule has 19 heavy (non-hydrogen) atoms. The molecule has 0 saturated heterocycles. The fourth-order valence-corrected chi connectivity index (χ4v) is 1.61. The third-order valence-corrected chi connectivity index (χ3v) is 2.83. The molecule has 8 heteroatoms. The zero-order valence-corrected chi connectivity index (χ0v) is 11.6. The number of hydrogen-bond donors (Lipinski definition) is 4. The van der Waals surface area contributed by atoms with E-state index in [2.05, 4.69) is 31.9 Å². The molecule has 102 valence electrons. The van der Waals surface area contributed by atoms with E-state index in [9.17, 15) is 14.4 Å². The maximum atomic E-state index is 11.4. The number of carboxylic acid groups (broad SMARTS) is 1. The van der Waals surface area contributed by atoms with Gasteiger partial charge in [0.1, 0.15) is 0 Å². The normalized spacial score (nSPS) is 9.58. The maximum Gasteiger partial charge on any atom is 0.336 e. The molecule has 0 atom stereocenters. The lowest BCUT2D eigenvalue weighted by Gasteiger charge is -2.08. The lowest BCUT2D eigenvalue weighted by molar-refractivity contribution is -0.119. The molecule has 0 radical (unpaired) electrons. The van der Waals surface area contributed by atoms with Gasteiger partial charge in [0.05, 0.1) is 12.1 Å². The predicted molar refractivity (Wildman–Crippen MR) is 72.2 cm³/mol. The molecule has 1 rings (SSSR count). The molecule has 3 amide bonds. The Labute approximate surface area is 117 Å². The van der Waals surface area contributed by atoms with Crippen molar-refractivity contribution < 1.29 is 19.5 Å². The van der Waals surface area contributed by atoms with Crippen molar-refractivity contribution in [2.45, 2.75) is 0 Å². The smallest absolute Gasteiger partial charge is 0.336 e. The zero-order chi connectivity index (χ0) is 14.4. The van der Waals surface area contributed by atoms with E-state index in [0.717, 1.165) is 0 Å². The Bertz CT molecular complexity index is 519. The third kappa shape index (κ3) is 4.59. The number of benzene rings is 1. The Hall–Kier alpha value is -2.09. The molecule has 1 aromatic rings. The monoisotopic (exact) mass is 329 g/mol. The van der Waals surface area contributed by atoms with Crippen LogP contribution in [0.25, 0.3) is 0 Å². The van der Waals surface area contributed by atoms with Gasteiger partial charge in [-0.05, 0) is 34.1 Å².